The number of nitrogens with zero attached hydrogens (tertiary/aromatic N) is 1. The van der Waals surface area contributed by atoms with Crippen molar-refractivity contribution in [1.82, 2.24) is 4.98 Å². The molecule has 1 aromatic rings. The van der Waals surface area contributed by atoms with E-state index < -0.39 is 0 Å². The van der Waals surface area contributed by atoms with E-state index in [0.29, 0.717) is 11.3 Å². The Hall–Kier alpha value is -0.0800. The topological polar surface area (TPSA) is 12.9 Å². The molecule has 1 fully saturated rings. The van der Waals surface area contributed by atoms with Gasteiger partial charge >= 0.3 is 0 Å². The fourth-order valence-corrected chi connectivity index (χ4v) is 4.49. The third-order valence-corrected chi connectivity index (χ3v) is 6.08. The Morgan fingerprint density at radius 1 is 1.35 bits per heavy atom. The van der Waals surface area contributed by atoms with Crippen LogP contribution in [0.3, 0.4) is 0 Å². The summed E-state index contributed by atoms with van der Waals surface area (Å²) in [7, 11) is 0. The SMILES string of the molecule is CC(C)C1CCC(Cl)C(Cc2nc(C(C)(C)C)cs2)C1. The normalized spacial score (nSPS) is 28.1. The summed E-state index contributed by atoms with van der Waals surface area (Å²) < 4.78 is 0. The van der Waals surface area contributed by atoms with E-state index >= 15 is 0 Å². The number of rotatable bonds is 3. The van der Waals surface area contributed by atoms with Gasteiger partial charge in [0, 0.05) is 22.6 Å². The molecule has 0 aromatic carbocycles. The lowest BCUT2D eigenvalue weighted by Gasteiger charge is -2.34. The van der Waals surface area contributed by atoms with Crippen LogP contribution in [0, 0.1) is 17.8 Å². The number of hydrogen-bond donors (Lipinski definition) is 0. The highest BCUT2D eigenvalue weighted by molar-refractivity contribution is 7.09. The van der Waals surface area contributed by atoms with Gasteiger partial charge in [-0.05, 0) is 37.0 Å². The van der Waals surface area contributed by atoms with E-state index in [1.807, 2.05) is 11.3 Å². The first kappa shape index (κ1) is 16.3. The molecule has 0 bridgehead atoms. The zero-order chi connectivity index (χ0) is 14.9. The molecule has 1 saturated carbocycles. The molecule has 20 heavy (non-hydrogen) atoms. The van der Waals surface area contributed by atoms with Gasteiger partial charge in [-0.15, -0.1) is 22.9 Å². The molecule has 0 radical (unpaired) electrons. The van der Waals surface area contributed by atoms with Gasteiger partial charge in [0.1, 0.15) is 0 Å². The quantitative estimate of drug-likeness (QED) is 0.656. The minimum atomic E-state index is 0.155. The van der Waals surface area contributed by atoms with Gasteiger partial charge in [-0.25, -0.2) is 4.98 Å². The highest BCUT2D eigenvalue weighted by Crippen LogP contribution is 2.38. The third kappa shape index (κ3) is 3.98. The average molecular weight is 314 g/mol. The monoisotopic (exact) mass is 313 g/mol. The van der Waals surface area contributed by atoms with Gasteiger partial charge in [0.2, 0.25) is 0 Å². The van der Waals surface area contributed by atoms with Gasteiger partial charge in [-0.1, -0.05) is 34.6 Å². The molecule has 0 aliphatic heterocycles. The lowest BCUT2D eigenvalue weighted by molar-refractivity contribution is 0.218. The molecule has 0 saturated heterocycles. The van der Waals surface area contributed by atoms with Crippen molar-refractivity contribution in [2.75, 3.05) is 0 Å². The Morgan fingerprint density at radius 2 is 2.05 bits per heavy atom. The minimum Gasteiger partial charge on any atom is -0.246 e. The first-order valence-corrected chi connectivity index (χ1v) is 9.18. The molecule has 1 nitrogen and oxygen atoms in total. The maximum absolute atomic E-state index is 6.58. The van der Waals surface area contributed by atoms with Gasteiger partial charge in [0.05, 0.1) is 10.7 Å². The second kappa shape index (κ2) is 6.36. The van der Waals surface area contributed by atoms with Crippen molar-refractivity contribution in [3.63, 3.8) is 0 Å². The van der Waals surface area contributed by atoms with Crippen LogP contribution in [0.25, 0.3) is 0 Å². The van der Waals surface area contributed by atoms with Gasteiger partial charge in [0.25, 0.3) is 0 Å². The van der Waals surface area contributed by atoms with Crippen molar-refractivity contribution in [1.29, 1.82) is 0 Å². The Kier molecular flexibility index (Phi) is 5.18. The van der Waals surface area contributed by atoms with Crippen LogP contribution in [0.4, 0.5) is 0 Å². The minimum absolute atomic E-state index is 0.155. The Bertz CT molecular complexity index is 432. The van der Waals surface area contributed by atoms with Gasteiger partial charge in [0.15, 0.2) is 0 Å². The fourth-order valence-electron chi connectivity index (χ4n) is 3.05. The van der Waals surface area contributed by atoms with Crippen LogP contribution in [-0.2, 0) is 11.8 Å². The van der Waals surface area contributed by atoms with Crippen molar-refractivity contribution in [2.45, 2.75) is 71.1 Å². The van der Waals surface area contributed by atoms with Crippen molar-refractivity contribution < 1.29 is 0 Å². The number of alkyl halides is 1. The zero-order valence-corrected chi connectivity index (χ0v) is 15.0. The maximum Gasteiger partial charge on any atom is 0.0931 e. The molecule has 0 amide bonds. The van der Waals surface area contributed by atoms with E-state index in [1.165, 1.54) is 30.0 Å². The molecule has 3 atom stereocenters. The van der Waals surface area contributed by atoms with Crippen molar-refractivity contribution in [3.8, 4) is 0 Å². The van der Waals surface area contributed by atoms with Crippen LogP contribution >= 0.6 is 22.9 Å². The van der Waals surface area contributed by atoms with Crippen molar-refractivity contribution in [3.05, 3.63) is 16.1 Å². The molecule has 3 unspecified atom stereocenters. The molecule has 0 N–H and O–H groups in total. The number of aromatic nitrogens is 1. The summed E-state index contributed by atoms with van der Waals surface area (Å²) in [6.07, 6.45) is 4.81. The molecular weight excluding hydrogens is 286 g/mol. The predicted molar refractivity (Wildman–Crippen MR) is 89.8 cm³/mol. The molecule has 1 aliphatic rings. The average Bonchev–Trinajstić information content (AvgIpc) is 2.80. The van der Waals surface area contributed by atoms with Crippen LogP contribution in [0.5, 0.6) is 0 Å². The summed E-state index contributed by atoms with van der Waals surface area (Å²) in [5.74, 6) is 2.23. The van der Waals surface area contributed by atoms with Gasteiger partial charge < -0.3 is 0 Å². The fraction of sp³-hybridized carbons (Fsp3) is 0.824. The summed E-state index contributed by atoms with van der Waals surface area (Å²) in [4.78, 5) is 4.84. The highest BCUT2D eigenvalue weighted by Gasteiger charge is 2.31. The maximum atomic E-state index is 6.58. The molecule has 1 heterocycles. The molecule has 114 valence electrons. The molecule has 2 rings (SSSR count). The summed E-state index contributed by atoms with van der Waals surface area (Å²) in [5, 5.41) is 3.84. The smallest absolute Gasteiger partial charge is 0.0931 e. The Labute approximate surface area is 133 Å². The van der Waals surface area contributed by atoms with Crippen LogP contribution in [-0.4, -0.2) is 10.4 Å². The summed E-state index contributed by atoms with van der Waals surface area (Å²) in [6, 6.07) is 0. The van der Waals surface area contributed by atoms with E-state index in [2.05, 4.69) is 40.0 Å². The molecule has 3 heteroatoms. The largest absolute Gasteiger partial charge is 0.246 e. The van der Waals surface area contributed by atoms with Gasteiger partial charge in [-0.2, -0.15) is 0 Å². The molecule has 1 aliphatic carbocycles. The van der Waals surface area contributed by atoms with Crippen LogP contribution in [0.1, 0.15) is 64.6 Å². The van der Waals surface area contributed by atoms with Gasteiger partial charge in [-0.3, -0.25) is 0 Å². The van der Waals surface area contributed by atoms with E-state index in [9.17, 15) is 0 Å². The van der Waals surface area contributed by atoms with Crippen LogP contribution in [0.2, 0.25) is 0 Å². The zero-order valence-electron chi connectivity index (χ0n) is 13.4. The first-order valence-electron chi connectivity index (χ1n) is 7.86. The number of halogens is 1. The standard InChI is InChI=1S/C17H28ClNS/c1-11(2)12-6-7-14(18)13(8-12)9-16-19-15(10-20-16)17(3,4)5/h10-14H,6-9H2,1-5H3. The van der Waals surface area contributed by atoms with E-state index in [4.69, 9.17) is 16.6 Å². The number of thiazole rings is 1. The van der Waals surface area contributed by atoms with E-state index in [0.717, 1.165) is 18.3 Å². The number of hydrogen-bond acceptors (Lipinski definition) is 2. The van der Waals surface area contributed by atoms with E-state index in [1.54, 1.807) is 0 Å². The van der Waals surface area contributed by atoms with Crippen LogP contribution in [0.15, 0.2) is 5.38 Å². The van der Waals surface area contributed by atoms with Crippen molar-refractivity contribution >= 4 is 22.9 Å². The summed E-state index contributed by atoms with van der Waals surface area (Å²) >= 11 is 8.39. The third-order valence-electron chi connectivity index (χ3n) is 4.63. The summed E-state index contributed by atoms with van der Waals surface area (Å²) in [5.41, 5.74) is 1.38. The Balaban J connectivity index is 2.02. The molecular formula is C17H28ClNS. The summed E-state index contributed by atoms with van der Waals surface area (Å²) in [6.45, 7) is 11.4. The van der Waals surface area contributed by atoms with Crippen LogP contribution < -0.4 is 0 Å². The van der Waals surface area contributed by atoms with E-state index in [-0.39, 0.29) is 5.41 Å². The molecule has 1 aromatic heterocycles. The first-order chi connectivity index (χ1) is 9.27. The second-order valence-corrected chi connectivity index (χ2v) is 9.18. The second-order valence-electron chi connectivity index (χ2n) is 7.67. The lowest BCUT2D eigenvalue weighted by atomic mass is 9.75. The highest BCUT2D eigenvalue weighted by atomic mass is 35.5. The predicted octanol–water partition coefficient (Wildman–Crippen LogP) is 5.66. The lowest BCUT2D eigenvalue weighted by Crippen LogP contribution is -2.29. The Morgan fingerprint density at radius 3 is 2.60 bits per heavy atom. The van der Waals surface area contributed by atoms with Crippen molar-refractivity contribution in [2.24, 2.45) is 17.8 Å². The molecule has 0 spiro atoms.